The molecule has 0 aliphatic heterocycles. The fourth-order valence-electron chi connectivity index (χ4n) is 1.45. The number of halogens is 1. The molecule has 0 saturated heterocycles. The third kappa shape index (κ3) is 3.19. The summed E-state index contributed by atoms with van der Waals surface area (Å²) in [5, 5.41) is 0. The highest BCUT2D eigenvalue weighted by molar-refractivity contribution is 5.72. The molecule has 0 fully saturated rings. The van der Waals surface area contributed by atoms with Gasteiger partial charge in [-0.15, -0.1) is 0 Å². The summed E-state index contributed by atoms with van der Waals surface area (Å²) in [5.74, 6) is -0.461. The minimum Gasteiger partial charge on any atom is -0.469 e. The fraction of sp³-hybridized carbons (Fsp3) is 0.308. The molecule has 2 nitrogen and oxygen atoms in total. The van der Waals surface area contributed by atoms with Crippen LogP contribution >= 0.6 is 0 Å². The van der Waals surface area contributed by atoms with Crippen LogP contribution in [0.25, 0.3) is 6.08 Å². The number of rotatable bonds is 3. The lowest BCUT2D eigenvalue weighted by atomic mass is 10.1. The van der Waals surface area contributed by atoms with Gasteiger partial charge in [-0.1, -0.05) is 12.2 Å². The smallest absolute Gasteiger partial charge is 0.309 e. The van der Waals surface area contributed by atoms with Crippen LogP contribution in [0.15, 0.2) is 18.2 Å². The number of benzene rings is 1. The van der Waals surface area contributed by atoms with Crippen molar-refractivity contribution in [1.29, 1.82) is 0 Å². The Morgan fingerprint density at radius 1 is 1.38 bits per heavy atom. The maximum Gasteiger partial charge on any atom is 0.309 e. The van der Waals surface area contributed by atoms with Gasteiger partial charge >= 0.3 is 5.97 Å². The van der Waals surface area contributed by atoms with E-state index in [1.54, 1.807) is 38.1 Å². The second-order valence-electron chi connectivity index (χ2n) is 3.65. The summed E-state index contributed by atoms with van der Waals surface area (Å²) in [5.41, 5.74) is 2.11. The molecular formula is C13H15FO2. The van der Waals surface area contributed by atoms with Crippen LogP contribution < -0.4 is 0 Å². The third-order valence-corrected chi connectivity index (χ3v) is 2.28. The highest BCUT2D eigenvalue weighted by atomic mass is 19.1. The molecule has 1 aromatic rings. The van der Waals surface area contributed by atoms with Crippen molar-refractivity contribution < 1.29 is 13.9 Å². The molecule has 0 spiro atoms. The number of aryl methyl sites for hydroxylation is 2. The zero-order chi connectivity index (χ0) is 12.1. The molecule has 0 amide bonds. The van der Waals surface area contributed by atoms with Crippen LogP contribution in [0.4, 0.5) is 4.39 Å². The first kappa shape index (κ1) is 12.4. The van der Waals surface area contributed by atoms with Gasteiger partial charge in [0.05, 0.1) is 13.5 Å². The van der Waals surface area contributed by atoms with Crippen molar-refractivity contribution in [2.24, 2.45) is 0 Å². The molecule has 0 N–H and O–H groups in total. The summed E-state index contributed by atoms with van der Waals surface area (Å²) in [6.45, 7) is 3.44. The van der Waals surface area contributed by atoms with E-state index in [9.17, 15) is 9.18 Å². The lowest BCUT2D eigenvalue weighted by Crippen LogP contribution is -1.96. The van der Waals surface area contributed by atoms with Gasteiger partial charge in [0.1, 0.15) is 5.82 Å². The van der Waals surface area contributed by atoms with Crippen LogP contribution in [0.1, 0.15) is 23.1 Å². The molecule has 0 aromatic heterocycles. The largest absolute Gasteiger partial charge is 0.469 e. The Hall–Kier alpha value is -1.64. The zero-order valence-corrected chi connectivity index (χ0v) is 9.71. The van der Waals surface area contributed by atoms with Crippen molar-refractivity contribution in [2.45, 2.75) is 20.3 Å². The second-order valence-corrected chi connectivity index (χ2v) is 3.65. The normalized spacial score (nSPS) is 10.8. The van der Waals surface area contributed by atoms with E-state index >= 15 is 0 Å². The molecule has 1 aromatic carbocycles. The number of hydrogen-bond acceptors (Lipinski definition) is 2. The summed E-state index contributed by atoms with van der Waals surface area (Å²) in [7, 11) is 1.35. The molecule has 0 atom stereocenters. The Kier molecular flexibility index (Phi) is 4.23. The fourth-order valence-corrected chi connectivity index (χ4v) is 1.45. The lowest BCUT2D eigenvalue weighted by Gasteiger charge is -2.02. The van der Waals surface area contributed by atoms with Gasteiger partial charge in [-0.2, -0.15) is 0 Å². The summed E-state index contributed by atoms with van der Waals surface area (Å²) >= 11 is 0. The van der Waals surface area contributed by atoms with Crippen molar-refractivity contribution in [1.82, 2.24) is 0 Å². The molecule has 16 heavy (non-hydrogen) atoms. The minimum atomic E-state index is -0.285. The monoisotopic (exact) mass is 222 g/mol. The molecule has 0 radical (unpaired) electrons. The minimum absolute atomic E-state index is 0.176. The topological polar surface area (TPSA) is 26.3 Å². The van der Waals surface area contributed by atoms with Crippen LogP contribution in [0, 0.1) is 19.7 Å². The molecule has 0 bridgehead atoms. The Balaban J connectivity index is 2.78. The molecule has 86 valence electrons. The maximum atomic E-state index is 13.3. The van der Waals surface area contributed by atoms with Gasteiger partial charge in [0.15, 0.2) is 0 Å². The average Bonchev–Trinajstić information content (AvgIpc) is 2.25. The number of carbonyl (C=O) groups is 1. The Morgan fingerprint density at radius 3 is 2.44 bits per heavy atom. The first-order chi connectivity index (χ1) is 7.54. The number of ether oxygens (including phenoxy) is 1. The van der Waals surface area contributed by atoms with E-state index in [2.05, 4.69) is 4.74 Å². The number of methoxy groups -OCH3 is 1. The summed E-state index contributed by atoms with van der Waals surface area (Å²) in [6.07, 6.45) is 3.72. The number of esters is 1. The Bertz CT molecular complexity index is 399. The van der Waals surface area contributed by atoms with Crippen molar-refractivity contribution in [3.05, 3.63) is 40.7 Å². The molecule has 0 aliphatic rings. The van der Waals surface area contributed by atoms with E-state index in [0.29, 0.717) is 11.1 Å². The zero-order valence-electron chi connectivity index (χ0n) is 9.71. The average molecular weight is 222 g/mol. The van der Waals surface area contributed by atoms with Crippen molar-refractivity contribution in [3.8, 4) is 0 Å². The predicted molar refractivity (Wildman–Crippen MR) is 61.5 cm³/mol. The number of hydrogen-bond donors (Lipinski definition) is 0. The molecule has 1 rings (SSSR count). The quantitative estimate of drug-likeness (QED) is 0.735. The van der Waals surface area contributed by atoms with Crippen LogP contribution in [0.2, 0.25) is 0 Å². The van der Waals surface area contributed by atoms with Crippen molar-refractivity contribution >= 4 is 12.0 Å². The first-order valence-electron chi connectivity index (χ1n) is 5.04. The summed E-state index contributed by atoms with van der Waals surface area (Å²) < 4.78 is 17.8. The Morgan fingerprint density at radius 2 is 1.94 bits per heavy atom. The van der Waals surface area contributed by atoms with Crippen LogP contribution in [-0.4, -0.2) is 13.1 Å². The molecule has 0 saturated carbocycles. The lowest BCUT2D eigenvalue weighted by molar-refractivity contribution is -0.139. The SMILES string of the molecule is COC(=O)CC=Cc1cc(C)c(F)c(C)c1. The van der Waals surface area contributed by atoms with Crippen LogP contribution in [-0.2, 0) is 9.53 Å². The van der Waals surface area contributed by atoms with Gasteiger partial charge < -0.3 is 4.74 Å². The molecule has 0 aliphatic carbocycles. The second kappa shape index (κ2) is 5.45. The van der Waals surface area contributed by atoms with Gasteiger partial charge in [0.2, 0.25) is 0 Å². The highest BCUT2D eigenvalue weighted by Crippen LogP contribution is 2.15. The molecular weight excluding hydrogens is 207 g/mol. The van der Waals surface area contributed by atoms with E-state index in [0.717, 1.165) is 5.56 Å². The van der Waals surface area contributed by atoms with Crippen molar-refractivity contribution in [2.75, 3.05) is 7.11 Å². The van der Waals surface area contributed by atoms with Gasteiger partial charge in [0, 0.05) is 0 Å². The van der Waals surface area contributed by atoms with Gasteiger partial charge in [-0.3, -0.25) is 4.79 Å². The Labute approximate surface area is 94.7 Å². The standard InChI is InChI=1S/C13H15FO2/c1-9-7-11(8-10(2)13(9)14)5-4-6-12(15)16-3/h4-5,7-8H,6H2,1-3H3. The highest BCUT2D eigenvalue weighted by Gasteiger charge is 2.02. The third-order valence-electron chi connectivity index (χ3n) is 2.28. The number of carbonyl (C=O) groups excluding carboxylic acids is 1. The van der Waals surface area contributed by atoms with Crippen LogP contribution in [0.3, 0.4) is 0 Å². The molecule has 0 unspecified atom stereocenters. The van der Waals surface area contributed by atoms with Gasteiger partial charge in [-0.05, 0) is 42.7 Å². The summed E-state index contributed by atoms with van der Waals surface area (Å²) in [6, 6.07) is 3.49. The molecule has 0 heterocycles. The van der Waals surface area contributed by atoms with E-state index in [-0.39, 0.29) is 18.2 Å². The van der Waals surface area contributed by atoms with E-state index in [1.807, 2.05) is 0 Å². The van der Waals surface area contributed by atoms with Gasteiger partial charge in [-0.25, -0.2) is 4.39 Å². The van der Waals surface area contributed by atoms with E-state index < -0.39 is 0 Å². The molecule has 3 heteroatoms. The maximum absolute atomic E-state index is 13.3. The van der Waals surface area contributed by atoms with Gasteiger partial charge in [0.25, 0.3) is 0 Å². The first-order valence-corrected chi connectivity index (χ1v) is 5.04. The van der Waals surface area contributed by atoms with E-state index in [4.69, 9.17) is 0 Å². The summed E-state index contributed by atoms with van der Waals surface area (Å²) in [4.78, 5) is 10.9. The van der Waals surface area contributed by atoms with E-state index in [1.165, 1.54) is 7.11 Å². The van der Waals surface area contributed by atoms with Crippen molar-refractivity contribution in [3.63, 3.8) is 0 Å². The predicted octanol–water partition coefficient (Wildman–Crippen LogP) is 3.02. The van der Waals surface area contributed by atoms with Crippen LogP contribution in [0.5, 0.6) is 0 Å².